The third-order valence-electron chi connectivity index (χ3n) is 1.97. The zero-order valence-electron chi connectivity index (χ0n) is 7.80. The average molecular weight is 409 g/mol. The molecule has 0 atom stereocenters. The van der Waals surface area contributed by atoms with Crippen LogP contribution in [0.5, 0.6) is 0 Å². The number of aromatic nitrogens is 2. The van der Waals surface area contributed by atoms with Gasteiger partial charge in [-0.15, -0.1) is 0 Å². The summed E-state index contributed by atoms with van der Waals surface area (Å²) in [5.74, 6) is 0.300. The molecule has 1 N–H and O–H groups in total. The zero-order chi connectivity index (χ0) is 11.7. The van der Waals surface area contributed by atoms with Crippen LogP contribution in [0, 0.1) is 0 Å². The number of hydrogen-bond acceptors (Lipinski definition) is 2. The molecule has 0 radical (unpaired) electrons. The molecule has 0 spiro atoms. The van der Waals surface area contributed by atoms with Crippen LogP contribution in [0.2, 0.25) is 0 Å². The summed E-state index contributed by atoms with van der Waals surface area (Å²) in [5.41, 5.74) is 1.61. The summed E-state index contributed by atoms with van der Waals surface area (Å²) in [6.07, 6.45) is 0.681. The number of nitrogens with one attached hydrogen (secondary N) is 1. The van der Waals surface area contributed by atoms with Crippen LogP contribution >= 0.6 is 47.8 Å². The molecule has 0 saturated heterocycles. The number of halogens is 3. The van der Waals surface area contributed by atoms with Crippen LogP contribution in [-0.4, -0.2) is 16.3 Å². The van der Waals surface area contributed by atoms with Gasteiger partial charge in [-0.3, -0.25) is 4.79 Å². The van der Waals surface area contributed by atoms with E-state index >= 15 is 0 Å². The summed E-state index contributed by atoms with van der Waals surface area (Å²) < 4.78 is 2.56. The van der Waals surface area contributed by atoms with Crippen molar-refractivity contribution in [3.63, 3.8) is 0 Å². The van der Waals surface area contributed by atoms with Gasteiger partial charge in [0.15, 0.2) is 12.1 Å². The molecule has 2 aromatic rings. The predicted octanol–water partition coefficient (Wildman–Crippen LogP) is 4.18. The molecule has 0 amide bonds. The van der Waals surface area contributed by atoms with E-state index in [-0.39, 0.29) is 0 Å². The van der Waals surface area contributed by atoms with Crippen molar-refractivity contribution in [3.8, 4) is 11.3 Å². The van der Waals surface area contributed by atoms with Crippen LogP contribution < -0.4 is 0 Å². The number of carbonyl (C=O) groups is 1. The number of carbonyl (C=O) groups excluding carboxylic acids is 1. The van der Waals surface area contributed by atoms with Crippen LogP contribution in [0.25, 0.3) is 11.3 Å². The molecule has 82 valence electrons. The Hall–Kier alpha value is -0.460. The maximum absolute atomic E-state index is 10.6. The molecule has 0 aliphatic heterocycles. The zero-order valence-corrected chi connectivity index (χ0v) is 12.6. The van der Waals surface area contributed by atoms with E-state index < -0.39 is 0 Å². The molecule has 3 nitrogen and oxygen atoms in total. The number of aldehydes is 1. The van der Waals surface area contributed by atoms with E-state index in [1.807, 2.05) is 18.2 Å². The minimum atomic E-state index is 0.300. The first-order chi connectivity index (χ1) is 7.61. The van der Waals surface area contributed by atoms with Gasteiger partial charge in [0, 0.05) is 14.5 Å². The molecule has 0 bridgehead atoms. The van der Waals surface area contributed by atoms with Gasteiger partial charge in [-0.25, -0.2) is 4.98 Å². The fourth-order valence-corrected chi connectivity index (χ4v) is 2.58. The van der Waals surface area contributed by atoms with E-state index in [1.165, 1.54) is 0 Å². The lowest BCUT2D eigenvalue weighted by Crippen LogP contribution is -1.83. The molecule has 1 aromatic heterocycles. The number of hydrogen-bond donors (Lipinski definition) is 1. The van der Waals surface area contributed by atoms with E-state index in [1.54, 1.807) is 0 Å². The maximum atomic E-state index is 10.6. The largest absolute Gasteiger partial charge is 0.330 e. The number of benzene rings is 1. The van der Waals surface area contributed by atoms with E-state index in [0.29, 0.717) is 22.4 Å². The van der Waals surface area contributed by atoms with E-state index in [0.717, 1.165) is 14.5 Å². The van der Waals surface area contributed by atoms with Crippen molar-refractivity contribution in [1.29, 1.82) is 0 Å². The smallest absolute Gasteiger partial charge is 0.185 e. The van der Waals surface area contributed by atoms with Gasteiger partial charge in [0.05, 0.1) is 0 Å². The van der Waals surface area contributed by atoms with Crippen molar-refractivity contribution in [2.45, 2.75) is 0 Å². The Kier molecular flexibility index (Phi) is 3.61. The summed E-state index contributed by atoms with van der Waals surface area (Å²) in [7, 11) is 0. The Labute approximate surface area is 117 Å². The summed E-state index contributed by atoms with van der Waals surface area (Å²) in [6.45, 7) is 0. The summed E-state index contributed by atoms with van der Waals surface area (Å²) in [6, 6.07) is 5.77. The van der Waals surface area contributed by atoms with Crippen molar-refractivity contribution in [2.24, 2.45) is 0 Å². The minimum Gasteiger partial charge on any atom is -0.330 e. The summed E-state index contributed by atoms with van der Waals surface area (Å²) in [4.78, 5) is 17.6. The lowest BCUT2D eigenvalue weighted by molar-refractivity contribution is 0.111. The molecule has 2 rings (SSSR count). The highest BCUT2D eigenvalue weighted by molar-refractivity contribution is 9.11. The molecular formula is C10H5Br3N2O. The average Bonchev–Trinajstić information content (AvgIpc) is 2.63. The van der Waals surface area contributed by atoms with E-state index in [9.17, 15) is 4.79 Å². The van der Waals surface area contributed by atoms with Crippen LogP contribution in [0.3, 0.4) is 0 Å². The fraction of sp³-hybridized carbons (Fsp3) is 0. The molecule has 16 heavy (non-hydrogen) atoms. The third-order valence-corrected chi connectivity index (χ3v) is 3.73. The van der Waals surface area contributed by atoms with Crippen molar-refractivity contribution in [2.75, 3.05) is 0 Å². The lowest BCUT2D eigenvalue weighted by atomic mass is 10.2. The second-order valence-corrected chi connectivity index (χ2v) is 5.59. The van der Waals surface area contributed by atoms with E-state index in [4.69, 9.17) is 0 Å². The highest BCUT2D eigenvalue weighted by Crippen LogP contribution is 2.33. The maximum Gasteiger partial charge on any atom is 0.185 e. The van der Waals surface area contributed by atoms with Crippen LogP contribution in [0.1, 0.15) is 10.6 Å². The van der Waals surface area contributed by atoms with Gasteiger partial charge < -0.3 is 4.98 Å². The van der Waals surface area contributed by atoms with Gasteiger partial charge in [-0.1, -0.05) is 31.9 Å². The van der Waals surface area contributed by atoms with Crippen LogP contribution in [-0.2, 0) is 0 Å². The number of aromatic amines is 1. The van der Waals surface area contributed by atoms with E-state index in [2.05, 4.69) is 57.8 Å². The standard InChI is InChI=1S/C10H5Br3N2O/c11-5-1-2-7(12)6(3-5)9-10(13)15-8(4-16)14-9/h1-4H,(H,14,15). The SMILES string of the molecule is O=Cc1nc(-c2cc(Br)ccc2Br)c(Br)[nH]1. The number of rotatable bonds is 2. The first kappa shape index (κ1) is 12.0. The van der Waals surface area contributed by atoms with Crippen molar-refractivity contribution in [1.82, 2.24) is 9.97 Å². The number of H-pyrrole nitrogens is 1. The third kappa shape index (κ3) is 2.28. The van der Waals surface area contributed by atoms with Crippen molar-refractivity contribution in [3.05, 3.63) is 37.6 Å². The quantitative estimate of drug-likeness (QED) is 0.758. The van der Waals surface area contributed by atoms with Crippen molar-refractivity contribution >= 4 is 54.1 Å². The molecule has 1 aromatic carbocycles. The normalized spacial score (nSPS) is 10.4. The summed E-state index contributed by atoms with van der Waals surface area (Å²) >= 11 is 10.2. The minimum absolute atomic E-state index is 0.300. The molecule has 0 saturated carbocycles. The molecule has 0 aliphatic rings. The molecule has 6 heteroatoms. The van der Waals surface area contributed by atoms with Gasteiger partial charge in [0.1, 0.15) is 10.3 Å². The second kappa shape index (κ2) is 4.81. The number of imidazole rings is 1. The molecule has 0 unspecified atom stereocenters. The molecular weight excluding hydrogens is 404 g/mol. The second-order valence-electron chi connectivity index (χ2n) is 3.03. The highest BCUT2D eigenvalue weighted by Gasteiger charge is 2.12. The Bertz CT molecular complexity index is 551. The van der Waals surface area contributed by atoms with Gasteiger partial charge in [-0.2, -0.15) is 0 Å². The first-order valence-electron chi connectivity index (χ1n) is 4.28. The summed E-state index contributed by atoms with van der Waals surface area (Å²) in [5, 5.41) is 0. The molecule has 0 fully saturated rings. The van der Waals surface area contributed by atoms with Gasteiger partial charge >= 0.3 is 0 Å². The van der Waals surface area contributed by atoms with Crippen molar-refractivity contribution < 1.29 is 4.79 Å². The monoisotopic (exact) mass is 406 g/mol. The Morgan fingerprint density at radius 3 is 2.62 bits per heavy atom. The number of nitrogens with zero attached hydrogens (tertiary/aromatic N) is 1. The van der Waals surface area contributed by atoms with Crippen LogP contribution in [0.15, 0.2) is 31.7 Å². The predicted molar refractivity (Wildman–Crippen MR) is 72.5 cm³/mol. The topological polar surface area (TPSA) is 45.8 Å². The van der Waals surface area contributed by atoms with Gasteiger partial charge in [-0.05, 0) is 34.1 Å². The Balaban J connectivity index is 2.61. The van der Waals surface area contributed by atoms with Gasteiger partial charge in [0.2, 0.25) is 0 Å². The lowest BCUT2D eigenvalue weighted by Gasteiger charge is -2.02. The van der Waals surface area contributed by atoms with Gasteiger partial charge in [0.25, 0.3) is 0 Å². The Morgan fingerprint density at radius 2 is 2.00 bits per heavy atom. The molecule has 0 aliphatic carbocycles. The first-order valence-corrected chi connectivity index (χ1v) is 6.66. The fourth-order valence-electron chi connectivity index (χ4n) is 1.28. The molecule has 1 heterocycles. The Morgan fingerprint density at radius 1 is 1.25 bits per heavy atom. The highest BCUT2D eigenvalue weighted by atomic mass is 79.9. The van der Waals surface area contributed by atoms with Crippen LogP contribution in [0.4, 0.5) is 0 Å².